The number of piperidine rings is 1. The molecule has 2 atom stereocenters. The van der Waals surface area contributed by atoms with Crippen LogP contribution in [0.25, 0.3) is 11.4 Å². The molecule has 6 heteroatoms. The van der Waals surface area contributed by atoms with Crippen LogP contribution in [0.5, 0.6) is 0 Å². The van der Waals surface area contributed by atoms with Gasteiger partial charge in [-0.15, -0.1) is 10.2 Å². The number of benzene rings is 1. The first kappa shape index (κ1) is 14.8. The summed E-state index contributed by atoms with van der Waals surface area (Å²) in [6.07, 6.45) is 5.61. The molecule has 1 aromatic heterocycles. The third-order valence-electron chi connectivity index (χ3n) is 5.51. The van der Waals surface area contributed by atoms with Gasteiger partial charge in [-0.1, -0.05) is 30.7 Å². The SMILES string of the molecule is O[C@@H]1CCC[C@@]12CCCN(Cc1ccc(-c3nn[nH]n3)cc1)C2. The molecule has 1 spiro atoms. The van der Waals surface area contributed by atoms with Crippen LogP contribution in [-0.2, 0) is 6.54 Å². The van der Waals surface area contributed by atoms with Crippen LogP contribution in [0.15, 0.2) is 24.3 Å². The van der Waals surface area contributed by atoms with E-state index in [-0.39, 0.29) is 11.5 Å². The van der Waals surface area contributed by atoms with Crippen LogP contribution in [0.1, 0.15) is 37.7 Å². The molecule has 0 amide bonds. The normalized spacial score (nSPS) is 28.5. The lowest BCUT2D eigenvalue weighted by Gasteiger charge is -2.42. The van der Waals surface area contributed by atoms with Gasteiger partial charge in [-0.25, -0.2) is 0 Å². The number of likely N-dealkylation sites (tertiary alicyclic amines) is 1. The number of aromatic nitrogens is 4. The standard InChI is InChI=1S/C17H23N5O/c23-15-3-1-8-17(15)9-2-10-22(12-17)11-13-4-6-14(7-5-13)16-18-20-21-19-16/h4-7,15,23H,1-3,8-12H2,(H,18,19,20,21)/t15-,17+/m1/s1. The molecule has 2 fully saturated rings. The summed E-state index contributed by atoms with van der Waals surface area (Å²) < 4.78 is 0. The summed E-state index contributed by atoms with van der Waals surface area (Å²) in [4.78, 5) is 2.50. The van der Waals surface area contributed by atoms with Crippen molar-refractivity contribution >= 4 is 0 Å². The molecule has 4 rings (SSSR count). The predicted octanol–water partition coefficient (Wildman–Crippen LogP) is 1.99. The van der Waals surface area contributed by atoms with E-state index in [1.54, 1.807) is 0 Å². The molecule has 6 nitrogen and oxygen atoms in total. The van der Waals surface area contributed by atoms with Gasteiger partial charge >= 0.3 is 0 Å². The molecule has 1 aromatic carbocycles. The van der Waals surface area contributed by atoms with Gasteiger partial charge in [0.1, 0.15) is 0 Å². The minimum atomic E-state index is -0.106. The molecule has 122 valence electrons. The Labute approximate surface area is 135 Å². The van der Waals surface area contributed by atoms with E-state index in [1.165, 1.54) is 31.2 Å². The number of tetrazole rings is 1. The summed E-state index contributed by atoms with van der Waals surface area (Å²) in [5.41, 5.74) is 2.42. The first-order valence-electron chi connectivity index (χ1n) is 8.48. The van der Waals surface area contributed by atoms with Gasteiger partial charge in [0.15, 0.2) is 0 Å². The van der Waals surface area contributed by atoms with E-state index < -0.39 is 0 Å². The van der Waals surface area contributed by atoms with Crippen molar-refractivity contribution in [2.75, 3.05) is 13.1 Å². The highest BCUT2D eigenvalue weighted by molar-refractivity contribution is 5.54. The van der Waals surface area contributed by atoms with Crippen LogP contribution in [0.4, 0.5) is 0 Å². The van der Waals surface area contributed by atoms with E-state index >= 15 is 0 Å². The molecule has 2 aliphatic rings. The summed E-state index contributed by atoms with van der Waals surface area (Å²) in [5, 5.41) is 24.5. The summed E-state index contributed by atoms with van der Waals surface area (Å²) >= 11 is 0. The Hall–Kier alpha value is -1.79. The number of aromatic amines is 1. The topological polar surface area (TPSA) is 77.9 Å². The lowest BCUT2D eigenvalue weighted by Crippen LogP contribution is -2.46. The number of aliphatic hydroxyl groups is 1. The summed E-state index contributed by atoms with van der Waals surface area (Å²) in [7, 11) is 0. The van der Waals surface area contributed by atoms with E-state index in [4.69, 9.17) is 0 Å². The van der Waals surface area contributed by atoms with E-state index in [2.05, 4.69) is 37.7 Å². The molecule has 1 saturated carbocycles. The third-order valence-corrected chi connectivity index (χ3v) is 5.51. The van der Waals surface area contributed by atoms with Gasteiger partial charge in [-0.3, -0.25) is 4.90 Å². The predicted molar refractivity (Wildman–Crippen MR) is 86.4 cm³/mol. The fraction of sp³-hybridized carbons (Fsp3) is 0.588. The molecule has 1 saturated heterocycles. The Morgan fingerprint density at radius 3 is 2.74 bits per heavy atom. The molecular formula is C17H23N5O. The molecule has 2 N–H and O–H groups in total. The number of nitrogens with one attached hydrogen (secondary N) is 1. The zero-order valence-corrected chi connectivity index (χ0v) is 13.3. The van der Waals surface area contributed by atoms with Crippen molar-refractivity contribution in [1.29, 1.82) is 0 Å². The Morgan fingerprint density at radius 2 is 2.04 bits per heavy atom. The smallest absolute Gasteiger partial charge is 0.204 e. The molecule has 0 unspecified atom stereocenters. The summed E-state index contributed by atoms with van der Waals surface area (Å²) in [6.45, 7) is 3.10. The number of H-pyrrole nitrogens is 1. The second-order valence-electron chi connectivity index (χ2n) is 7.02. The first-order chi connectivity index (χ1) is 11.3. The number of nitrogens with zero attached hydrogens (tertiary/aromatic N) is 4. The molecule has 1 aliphatic heterocycles. The van der Waals surface area contributed by atoms with E-state index in [0.717, 1.165) is 31.6 Å². The highest BCUT2D eigenvalue weighted by Crippen LogP contribution is 2.45. The van der Waals surface area contributed by atoms with Crippen LogP contribution in [0.2, 0.25) is 0 Å². The summed E-state index contributed by atoms with van der Waals surface area (Å²) in [6, 6.07) is 8.37. The zero-order valence-electron chi connectivity index (χ0n) is 13.3. The Morgan fingerprint density at radius 1 is 1.22 bits per heavy atom. The maximum Gasteiger partial charge on any atom is 0.204 e. The second kappa shape index (κ2) is 6.02. The molecule has 2 aromatic rings. The van der Waals surface area contributed by atoms with Crippen molar-refractivity contribution in [2.45, 2.75) is 44.8 Å². The second-order valence-corrected chi connectivity index (χ2v) is 7.02. The van der Waals surface area contributed by atoms with Gasteiger partial charge in [0.2, 0.25) is 5.82 Å². The number of rotatable bonds is 3. The maximum absolute atomic E-state index is 10.4. The van der Waals surface area contributed by atoms with Gasteiger partial charge in [0.25, 0.3) is 0 Å². The largest absolute Gasteiger partial charge is 0.393 e. The van der Waals surface area contributed by atoms with E-state index in [0.29, 0.717) is 5.82 Å². The lowest BCUT2D eigenvalue weighted by atomic mass is 9.76. The highest BCUT2D eigenvalue weighted by Gasteiger charge is 2.44. The van der Waals surface area contributed by atoms with E-state index in [1.807, 2.05) is 12.1 Å². The minimum Gasteiger partial charge on any atom is -0.393 e. The van der Waals surface area contributed by atoms with Gasteiger partial charge in [0, 0.05) is 24.1 Å². The van der Waals surface area contributed by atoms with Crippen molar-refractivity contribution in [3.63, 3.8) is 0 Å². The zero-order chi connectivity index (χ0) is 15.7. The van der Waals surface area contributed by atoms with Gasteiger partial charge in [0.05, 0.1) is 6.10 Å². The highest BCUT2D eigenvalue weighted by atomic mass is 16.3. The lowest BCUT2D eigenvalue weighted by molar-refractivity contribution is -0.0120. The minimum absolute atomic E-state index is 0.106. The van der Waals surface area contributed by atoms with Crippen molar-refractivity contribution < 1.29 is 5.11 Å². The molecule has 2 heterocycles. The van der Waals surface area contributed by atoms with Crippen molar-refractivity contribution in [3.8, 4) is 11.4 Å². The molecule has 0 radical (unpaired) electrons. The Bertz CT molecular complexity index is 642. The van der Waals surface area contributed by atoms with Crippen LogP contribution < -0.4 is 0 Å². The number of hydrogen-bond acceptors (Lipinski definition) is 5. The van der Waals surface area contributed by atoms with Crippen LogP contribution >= 0.6 is 0 Å². The fourth-order valence-corrected chi connectivity index (χ4v) is 4.29. The quantitative estimate of drug-likeness (QED) is 0.906. The van der Waals surface area contributed by atoms with Crippen molar-refractivity contribution in [3.05, 3.63) is 29.8 Å². The monoisotopic (exact) mass is 313 g/mol. The van der Waals surface area contributed by atoms with Crippen LogP contribution in [0.3, 0.4) is 0 Å². The van der Waals surface area contributed by atoms with Gasteiger partial charge < -0.3 is 5.11 Å². The molecule has 23 heavy (non-hydrogen) atoms. The molecule has 0 bridgehead atoms. The molecule has 1 aliphatic carbocycles. The molecular weight excluding hydrogens is 290 g/mol. The average molecular weight is 313 g/mol. The van der Waals surface area contributed by atoms with Crippen LogP contribution in [0, 0.1) is 5.41 Å². The van der Waals surface area contributed by atoms with Gasteiger partial charge in [-0.2, -0.15) is 5.21 Å². The van der Waals surface area contributed by atoms with E-state index in [9.17, 15) is 5.11 Å². The van der Waals surface area contributed by atoms with Crippen molar-refractivity contribution in [2.24, 2.45) is 5.41 Å². The van der Waals surface area contributed by atoms with Crippen LogP contribution in [-0.4, -0.2) is 49.8 Å². The Balaban J connectivity index is 1.43. The Kier molecular flexibility index (Phi) is 3.87. The maximum atomic E-state index is 10.4. The van der Waals surface area contributed by atoms with Crippen molar-refractivity contribution in [1.82, 2.24) is 25.5 Å². The number of hydrogen-bond donors (Lipinski definition) is 2. The fourth-order valence-electron chi connectivity index (χ4n) is 4.29. The van der Waals surface area contributed by atoms with Gasteiger partial charge in [-0.05, 0) is 43.0 Å². The first-order valence-corrected chi connectivity index (χ1v) is 8.48. The average Bonchev–Trinajstić information content (AvgIpc) is 3.20. The third kappa shape index (κ3) is 2.88. The summed E-state index contributed by atoms with van der Waals surface area (Å²) in [5.74, 6) is 0.627. The number of aliphatic hydroxyl groups excluding tert-OH is 1.